The third kappa shape index (κ3) is 3.04. The maximum Gasteiger partial charge on any atom is 0.0762 e. The van der Waals surface area contributed by atoms with Crippen molar-refractivity contribution in [2.24, 2.45) is 7.05 Å². The zero-order chi connectivity index (χ0) is 10.7. The van der Waals surface area contributed by atoms with E-state index in [-0.39, 0.29) is 0 Å². The van der Waals surface area contributed by atoms with Crippen molar-refractivity contribution in [3.8, 4) is 0 Å². The van der Waals surface area contributed by atoms with Crippen LogP contribution in [-0.2, 0) is 18.3 Å². The molecule has 2 heterocycles. The van der Waals surface area contributed by atoms with Gasteiger partial charge in [-0.05, 0) is 25.8 Å². The van der Waals surface area contributed by atoms with Gasteiger partial charge >= 0.3 is 0 Å². The van der Waals surface area contributed by atoms with Crippen LogP contribution in [0.5, 0.6) is 0 Å². The molecule has 2 atom stereocenters. The van der Waals surface area contributed by atoms with Crippen molar-refractivity contribution in [3.05, 3.63) is 18.0 Å². The van der Waals surface area contributed by atoms with E-state index in [2.05, 4.69) is 23.4 Å². The molecule has 0 radical (unpaired) electrons. The van der Waals surface area contributed by atoms with E-state index in [9.17, 15) is 0 Å². The number of rotatable bonds is 3. The zero-order valence-electron chi connectivity index (χ0n) is 9.44. The quantitative estimate of drug-likeness (QED) is 0.809. The van der Waals surface area contributed by atoms with Crippen LogP contribution in [0.4, 0.5) is 0 Å². The molecule has 1 N–H and O–H groups in total. The fraction of sp³-hybridized carbons (Fsp3) is 0.727. The van der Waals surface area contributed by atoms with Gasteiger partial charge in [0.2, 0.25) is 0 Å². The number of nitrogens with one attached hydrogen (secondary N) is 1. The minimum atomic E-state index is 0.389. The molecule has 2 rings (SSSR count). The minimum absolute atomic E-state index is 0.389. The summed E-state index contributed by atoms with van der Waals surface area (Å²) in [7, 11) is 1.94. The van der Waals surface area contributed by atoms with Crippen molar-refractivity contribution < 1.29 is 4.74 Å². The number of hydrogen-bond acceptors (Lipinski definition) is 3. The van der Waals surface area contributed by atoms with Crippen molar-refractivity contribution in [1.29, 1.82) is 0 Å². The van der Waals surface area contributed by atoms with Gasteiger partial charge in [-0.3, -0.25) is 4.68 Å². The fourth-order valence-electron chi connectivity index (χ4n) is 1.99. The molecule has 1 fully saturated rings. The topological polar surface area (TPSA) is 39.1 Å². The normalized spacial score (nSPS) is 26.8. The first-order valence-electron chi connectivity index (χ1n) is 5.57. The Labute approximate surface area is 90.6 Å². The summed E-state index contributed by atoms with van der Waals surface area (Å²) in [6.45, 7) is 3.87. The second-order valence-corrected chi connectivity index (χ2v) is 4.26. The van der Waals surface area contributed by atoms with Crippen molar-refractivity contribution in [1.82, 2.24) is 15.1 Å². The van der Waals surface area contributed by atoms with Gasteiger partial charge in [-0.1, -0.05) is 0 Å². The first kappa shape index (κ1) is 10.6. The van der Waals surface area contributed by atoms with E-state index < -0.39 is 0 Å². The molecule has 0 amide bonds. The molecule has 2 unspecified atom stereocenters. The summed E-state index contributed by atoms with van der Waals surface area (Å²) in [5, 5.41) is 7.86. The Bertz CT molecular complexity index is 311. The van der Waals surface area contributed by atoms with E-state index in [1.54, 1.807) is 0 Å². The fourth-order valence-corrected chi connectivity index (χ4v) is 1.99. The number of hydrogen-bond donors (Lipinski definition) is 1. The van der Waals surface area contributed by atoms with Gasteiger partial charge in [0.25, 0.3) is 0 Å². The summed E-state index contributed by atoms with van der Waals surface area (Å²) in [6.07, 6.45) is 4.58. The lowest BCUT2D eigenvalue weighted by atomic mass is 10.0. The second-order valence-electron chi connectivity index (χ2n) is 4.26. The molecule has 0 saturated carbocycles. The van der Waals surface area contributed by atoms with Crippen LogP contribution in [0.3, 0.4) is 0 Å². The van der Waals surface area contributed by atoms with Crippen LogP contribution in [0, 0.1) is 0 Å². The van der Waals surface area contributed by atoms with Gasteiger partial charge in [0.1, 0.15) is 0 Å². The molecule has 1 aliphatic rings. The van der Waals surface area contributed by atoms with Crippen LogP contribution in [0.2, 0.25) is 0 Å². The SMILES string of the molecule is CC1CC(NCc2ccn(C)n2)CCO1. The monoisotopic (exact) mass is 209 g/mol. The standard InChI is InChI=1S/C11H19N3O/c1-9-7-10(4-6-15-9)12-8-11-3-5-14(2)13-11/h3,5,9-10,12H,4,6-8H2,1-2H3. The molecule has 0 aliphatic carbocycles. The van der Waals surface area contributed by atoms with E-state index in [1.807, 2.05) is 17.9 Å². The van der Waals surface area contributed by atoms with Gasteiger partial charge in [0, 0.05) is 32.4 Å². The molecule has 4 heteroatoms. The predicted octanol–water partition coefficient (Wildman–Crippen LogP) is 1.08. The third-order valence-corrected chi connectivity index (χ3v) is 2.83. The Balaban J connectivity index is 1.77. The summed E-state index contributed by atoms with van der Waals surface area (Å²) < 4.78 is 7.34. The van der Waals surface area contributed by atoms with Gasteiger partial charge < -0.3 is 10.1 Å². The third-order valence-electron chi connectivity index (χ3n) is 2.83. The molecule has 1 aliphatic heterocycles. The molecule has 0 aromatic carbocycles. The lowest BCUT2D eigenvalue weighted by Gasteiger charge is -2.27. The van der Waals surface area contributed by atoms with Crippen molar-refractivity contribution in [2.45, 2.75) is 38.5 Å². The van der Waals surface area contributed by atoms with Crippen molar-refractivity contribution in [2.75, 3.05) is 6.61 Å². The number of aryl methyl sites for hydroxylation is 1. The molecule has 1 saturated heterocycles. The minimum Gasteiger partial charge on any atom is -0.378 e. The van der Waals surface area contributed by atoms with Gasteiger partial charge in [0.05, 0.1) is 11.8 Å². The van der Waals surface area contributed by atoms with Crippen LogP contribution < -0.4 is 5.32 Å². The summed E-state index contributed by atoms with van der Waals surface area (Å²) >= 11 is 0. The van der Waals surface area contributed by atoms with Gasteiger partial charge in [-0.25, -0.2) is 0 Å². The van der Waals surface area contributed by atoms with Crippen LogP contribution in [0.25, 0.3) is 0 Å². The van der Waals surface area contributed by atoms with Crippen LogP contribution in [0.15, 0.2) is 12.3 Å². The highest BCUT2D eigenvalue weighted by molar-refractivity contribution is 4.98. The zero-order valence-corrected chi connectivity index (χ0v) is 9.44. The van der Waals surface area contributed by atoms with Crippen molar-refractivity contribution in [3.63, 3.8) is 0 Å². The number of ether oxygens (including phenoxy) is 1. The molecule has 15 heavy (non-hydrogen) atoms. The first-order valence-corrected chi connectivity index (χ1v) is 5.57. The molecule has 0 spiro atoms. The summed E-state index contributed by atoms with van der Waals surface area (Å²) in [5.41, 5.74) is 1.11. The predicted molar refractivity (Wildman–Crippen MR) is 58.5 cm³/mol. The largest absolute Gasteiger partial charge is 0.378 e. The van der Waals surface area contributed by atoms with E-state index in [0.717, 1.165) is 31.7 Å². The molecule has 1 aromatic rings. The highest BCUT2D eigenvalue weighted by atomic mass is 16.5. The number of aromatic nitrogens is 2. The highest BCUT2D eigenvalue weighted by Gasteiger charge is 2.18. The molecular weight excluding hydrogens is 190 g/mol. The van der Waals surface area contributed by atoms with Crippen LogP contribution >= 0.6 is 0 Å². The first-order chi connectivity index (χ1) is 7.24. The molecule has 4 nitrogen and oxygen atoms in total. The molecular formula is C11H19N3O. The highest BCUT2D eigenvalue weighted by Crippen LogP contribution is 2.13. The van der Waals surface area contributed by atoms with E-state index >= 15 is 0 Å². The van der Waals surface area contributed by atoms with Gasteiger partial charge in [-0.2, -0.15) is 5.10 Å². The van der Waals surface area contributed by atoms with E-state index in [1.165, 1.54) is 0 Å². The second kappa shape index (κ2) is 4.77. The van der Waals surface area contributed by atoms with E-state index in [4.69, 9.17) is 4.74 Å². The van der Waals surface area contributed by atoms with E-state index in [0.29, 0.717) is 12.1 Å². The average molecular weight is 209 g/mol. The summed E-state index contributed by atoms with van der Waals surface area (Å²) in [4.78, 5) is 0. The van der Waals surface area contributed by atoms with Gasteiger partial charge in [-0.15, -0.1) is 0 Å². The van der Waals surface area contributed by atoms with Gasteiger partial charge in [0.15, 0.2) is 0 Å². The Morgan fingerprint density at radius 1 is 1.67 bits per heavy atom. The molecule has 0 bridgehead atoms. The lowest BCUT2D eigenvalue weighted by Crippen LogP contribution is -2.37. The molecule has 84 valence electrons. The Morgan fingerprint density at radius 2 is 2.53 bits per heavy atom. The Morgan fingerprint density at radius 3 is 3.20 bits per heavy atom. The Kier molecular flexibility index (Phi) is 3.38. The average Bonchev–Trinajstić information content (AvgIpc) is 2.62. The molecule has 1 aromatic heterocycles. The smallest absolute Gasteiger partial charge is 0.0762 e. The Hall–Kier alpha value is -0.870. The van der Waals surface area contributed by atoms with Crippen LogP contribution in [-0.4, -0.2) is 28.5 Å². The maximum atomic E-state index is 5.50. The summed E-state index contributed by atoms with van der Waals surface area (Å²) in [5.74, 6) is 0. The number of nitrogens with zero attached hydrogens (tertiary/aromatic N) is 2. The van der Waals surface area contributed by atoms with Crippen LogP contribution in [0.1, 0.15) is 25.5 Å². The van der Waals surface area contributed by atoms with Crippen molar-refractivity contribution >= 4 is 0 Å². The maximum absolute atomic E-state index is 5.50. The summed E-state index contributed by atoms with van der Waals surface area (Å²) in [6, 6.07) is 2.63. The lowest BCUT2D eigenvalue weighted by molar-refractivity contribution is 0.0130.